The molecule has 0 fully saturated rings. The lowest BCUT2D eigenvalue weighted by Crippen LogP contribution is -2.24. The number of hydrogen-bond donors (Lipinski definition) is 0. The molecule has 0 aliphatic rings. The molecule has 1 heterocycles. The number of nitrogens with zero attached hydrogens (tertiary/aromatic N) is 2. The number of fused-ring (bicyclic) bond motifs is 1. The topological polar surface area (TPSA) is 34.9 Å². The lowest BCUT2D eigenvalue weighted by molar-refractivity contribution is -0.138. The smallest absolute Gasteiger partial charge is 0.287 e. The van der Waals surface area contributed by atoms with Crippen LogP contribution in [0.25, 0.3) is 10.9 Å². The third kappa shape index (κ3) is 4.82. The van der Waals surface area contributed by atoms with Crippen LogP contribution >= 0.6 is 11.8 Å². The number of thioether (sulfide) groups is 1. The van der Waals surface area contributed by atoms with Gasteiger partial charge in [0, 0.05) is 12.3 Å². The fraction of sp³-hybridized carbons (Fsp3) is 0.167. The van der Waals surface area contributed by atoms with Crippen LogP contribution < -0.4 is 5.56 Å². The van der Waals surface area contributed by atoms with Crippen LogP contribution in [0.1, 0.15) is 16.7 Å². The van der Waals surface area contributed by atoms with Crippen LogP contribution in [0.3, 0.4) is 0 Å². The first-order valence-electron chi connectivity index (χ1n) is 9.75. The van der Waals surface area contributed by atoms with Crippen molar-refractivity contribution in [1.29, 1.82) is 0 Å². The Hall–Kier alpha value is -3.06. The van der Waals surface area contributed by atoms with Gasteiger partial charge in [-0.25, -0.2) is 4.98 Å². The summed E-state index contributed by atoms with van der Waals surface area (Å²) in [7, 11) is 0. The van der Waals surface area contributed by atoms with Crippen LogP contribution in [0.5, 0.6) is 0 Å². The van der Waals surface area contributed by atoms with Crippen LogP contribution in [0, 0.1) is 0 Å². The molecule has 0 aliphatic carbocycles. The van der Waals surface area contributed by atoms with Crippen molar-refractivity contribution in [2.75, 3.05) is 0 Å². The van der Waals surface area contributed by atoms with Gasteiger partial charge in [-0.3, -0.25) is 9.36 Å². The second kappa shape index (κ2) is 8.98. The number of alkyl halides is 3. The van der Waals surface area contributed by atoms with Crippen molar-refractivity contribution in [1.82, 2.24) is 9.55 Å². The largest absolute Gasteiger partial charge is 0.416 e. The molecular weight excluding hydrogens is 421 g/mol. The van der Waals surface area contributed by atoms with Crippen LogP contribution in [0.15, 0.2) is 88.8 Å². The molecule has 31 heavy (non-hydrogen) atoms. The zero-order valence-corrected chi connectivity index (χ0v) is 17.3. The van der Waals surface area contributed by atoms with E-state index in [1.807, 2.05) is 30.3 Å². The molecule has 0 bridgehead atoms. The summed E-state index contributed by atoms with van der Waals surface area (Å²) in [4.78, 5) is 17.7. The second-order valence-corrected chi connectivity index (χ2v) is 7.99. The van der Waals surface area contributed by atoms with E-state index in [-0.39, 0.29) is 16.9 Å². The molecule has 0 saturated heterocycles. The summed E-state index contributed by atoms with van der Waals surface area (Å²) in [6.07, 6.45) is -3.81. The summed E-state index contributed by atoms with van der Waals surface area (Å²) in [5, 5.41) is 0.909. The zero-order chi connectivity index (χ0) is 21.8. The number of benzene rings is 3. The average Bonchev–Trinajstić information content (AvgIpc) is 2.77. The molecule has 7 heteroatoms. The molecule has 0 atom stereocenters. The van der Waals surface area contributed by atoms with Gasteiger partial charge in [0.25, 0.3) is 5.56 Å². The summed E-state index contributed by atoms with van der Waals surface area (Å²) in [6.45, 7) is 0.393. The predicted molar refractivity (Wildman–Crippen MR) is 117 cm³/mol. The highest BCUT2D eigenvalue weighted by Crippen LogP contribution is 2.34. The quantitative estimate of drug-likeness (QED) is 0.275. The van der Waals surface area contributed by atoms with Gasteiger partial charge in [-0.1, -0.05) is 72.4 Å². The number of aryl methyl sites for hydroxylation is 1. The molecular formula is C24H19F3N2OS. The molecule has 0 spiro atoms. The number of rotatable bonds is 6. The number of halogens is 3. The van der Waals surface area contributed by atoms with Gasteiger partial charge in [0.2, 0.25) is 0 Å². The first-order chi connectivity index (χ1) is 14.9. The average molecular weight is 440 g/mol. The van der Waals surface area contributed by atoms with Gasteiger partial charge in [0.05, 0.1) is 16.5 Å². The van der Waals surface area contributed by atoms with E-state index in [0.29, 0.717) is 29.0 Å². The van der Waals surface area contributed by atoms with Gasteiger partial charge in [0.1, 0.15) is 0 Å². The molecule has 0 unspecified atom stereocenters. The number of hydrogen-bond acceptors (Lipinski definition) is 3. The minimum Gasteiger partial charge on any atom is -0.287 e. The number of para-hydroxylation sites is 1. The monoisotopic (exact) mass is 440 g/mol. The van der Waals surface area contributed by atoms with E-state index in [2.05, 4.69) is 4.98 Å². The summed E-state index contributed by atoms with van der Waals surface area (Å²) in [5.74, 6) is 0.0613. The first-order valence-corrected chi connectivity index (χ1v) is 10.7. The Morgan fingerprint density at radius 3 is 2.32 bits per heavy atom. The Balaban J connectivity index is 1.69. The van der Waals surface area contributed by atoms with Crippen molar-refractivity contribution in [3.63, 3.8) is 0 Å². The van der Waals surface area contributed by atoms with Crippen molar-refractivity contribution < 1.29 is 13.2 Å². The molecule has 158 valence electrons. The van der Waals surface area contributed by atoms with Crippen LogP contribution in [-0.2, 0) is 24.9 Å². The van der Waals surface area contributed by atoms with Gasteiger partial charge in [-0.05, 0) is 35.7 Å². The molecule has 1 aromatic heterocycles. The Morgan fingerprint density at radius 1 is 0.871 bits per heavy atom. The Bertz CT molecular complexity index is 1250. The Kier molecular flexibility index (Phi) is 6.13. The minimum absolute atomic E-state index is 0.0613. The van der Waals surface area contributed by atoms with E-state index in [1.165, 1.54) is 12.1 Å². The standard InChI is InChI=1S/C24H19F3N2OS/c25-24(26,27)20-12-6-4-10-18(20)16-31-23-28-21-13-7-5-11-19(21)22(30)29(23)15-14-17-8-2-1-3-9-17/h1-13H,14-16H2. The third-order valence-electron chi connectivity index (χ3n) is 4.97. The van der Waals surface area contributed by atoms with Crippen LogP contribution in [0.4, 0.5) is 13.2 Å². The normalized spacial score (nSPS) is 11.7. The molecule has 3 aromatic carbocycles. The minimum atomic E-state index is -4.43. The van der Waals surface area contributed by atoms with Crippen LogP contribution in [-0.4, -0.2) is 9.55 Å². The highest BCUT2D eigenvalue weighted by molar-refractivity contribution is 7.98. The lowest BCUT2D eigenvalue weighted by Gasteiger charge is -2.15. The van der Waals surface area contributed by atoms with E-state index in [0.717, 1.165) is 23.4 Å². The molecule has 0 saturated carbocycles. The van der Waals surface area contributed by atoms with Gasteiger partial charge in [-0.2, -0.15) is 13.2 Å². The second-order valence-electron chi connectivity index (χ2n) is 7.05. The van der Waals surface area contributed by atoms with E-state index in [1.54, 1.807) is 34.9 Å². The maximum Gasteiger partial charge on any atom is 0.416 e. The fourth-order valence-corrected chi connectivity index (χ4v) is 4.43. The van der Waals surface area contributed by atoms with Gasteiger partial charge in [-0.15, -0.1) is 0 Å². The predicted octanol–water partition coefficient (Wildman–Crippen LogP) is 5.95. The molecule has 0 radical (unpaired) electrons. The summed E-state index contributed by atoms with van der Waals surface area (Å²) in [6, 6.07) is 22.3. The summed E-state index contributed by atoms with van der Waals surface area (Å²) >= 11 is 1.15. The third-order valence-corrected chi connectivity index (χ3v) is 6.00. The highest BCUT2D eigenvalue weighted by atomic mass is 32.2. The maximum absolute atomic E-state index is 13.4. The zero-order valence-electron chi connectivity index (χ0n) is 16.5. The van der Waals surface area contributed by atoms with Gasteiger partial charge in [0.15, 0.2) is 5.16 Å². The van der Waals surface area contributed by atoms with E-state index < -0.39 is 11.7 Å². The van der Waals surface area contributed by atoms with Crippen molar-refractivity contribution in [3.8, 4) is 0 Å². The molecule has 0 aliphatic heterocycles. The van der Waals surface area contributed by atoms with E-state index in [9.17, 15) is 18.0 Å². The first kappa shape index (κ1) is 21.2. The van der Waals surface area contributed by atoms with E-state index >= 15 is 0 Å². The van der Waals surface area contributed by atoms with Crippen molar-refractivity contribution in [2.45, 2.75) is 30.1 Å². The highest BCUT2D eigenvalue weighted by Gasteiger charge is 2.32. The van der Waals surface area contributed by atoms with Crippen LogP contribution in [0.2, 0.25) is 0 Å². The number of aromatic nitrogens is 2. The Labute approximate surface area is 181 Å². The van der Waals surface area contributed by atoms with E-state index in [4.69, 9.17) is 0 Å². The molecule has 0 N–H and O–H groups in total. The molecule has 3 nitrogen and oxygen atoms in total. The summed E-state index contributed by atoms with van der Waals surface area (Å²) in [5.41, 5.74) is 0.919. The van der Waals surface area contributed by atoms with Gasteiger partial charge < -0.3 is 0 Å². The maximum atomic E-state index is 13.4. The Morgan fingerprint density at radius 2 is 1.55 bits per heavy atom. The van der Waals surface area contributed by atoms with Gasteiger partial charge >= 0.3 is 6.18 Å². The van der Waals surface area contributed by atoms with Crippen molar-refractivity contribution in [3.05, 3.63) is 106 Å². The van der Waals surface area contributed by atoms with Crippen molar-refractivity contribution in [2.24, 2.45) is 0 Å². The summed E-state index contributed by atoms with van der Waals surface area (Å²) < 4.78 is 41.6. The molecule has 0 amide bonds. The fourth-order valence-electron chi connectivity index (χ4n) is 3.41. The molecule has 4 aromatic rings. The van der Waals surface area contributed by atoms with Crippen molar-refractivity contribution >= 4 is 22.7 Å². The SMILES string of the molecule is O=c1c2ccccc2nc(SCc2ccccc2C(F)(F)F)n1CCc1ccccc1. The molecule has 4 rings (SSSR count). The lowest BCUT2D eigenvalue weighted by atomic mass is 10.1.